The zero-order chi connectivity index (χ0) is 25.7. The molecule has 0 fully saturated rings. The Hall–Kier alpha value is -3.34. The van der Waals surface area contributed by atoms with Crippen LogP contribution in [0.5, 0.6) is 5.75 Å². The number of methoxy groups -OCH3 is 1. The van der Waals surface area contributed by atoms with Gasteiger partial charge in [0.05, 0.1) is 23.2 Å². The van der Waals surface area contributed by atoms with Crippen molar-refractivity contribution < 1.29 is 17.9 Å². The predicted molar refractivity (Wildman–Crippen MR) is 142 cm³/mol. The lowest BCUT2D eigenvalue weighted by Gasteiger charge is -2.20. The van der Waals surface area contributed by atoms with E-state index in [1.165, 1.54) is 27.8 Å². The number of rotatable bonds is 10. The Morgan fingerprint density at radius 2 is 1.86 bits per heavy atom. The van der Waals surface area contributed by atoms with Crippen molar-refractivity contribution in [3.05, 3.63) is 78.1 Å². The van der Waals surface area contributed by atoms with Gasteiger partial charge in [-0.2, -0.15) is 0 Å². The van der Waals surface area contributed by atoms with Gasteiger partial charge in [-0.25, -0.2) is 17.7 Å². The fourth-order valence-corrected chi connectivity index (χ4v) is 5.89. The van der Waals surface area contributed by atoms with Gasteiger partial charge in [-0.15, -0.1) is 0 Å². The number of fused-ring (bicyclic) bond motifs is 1. The van der Waals surface area contributed by atoms with Gasteiger partial charge in [-0.1, -0.05) is 36.8 Å². The van der Waals surface area contributed by atoms with Crippen LogP contribution >= 0.6 is 11.3 Å². The number of unbranched alkanes of at least 4 members (excludes halogenated alkanes) is 1. The van der Waals surface area contributed by atoms with E-state index < -0.39 is 10.0 Å². The summed E-state index contributed by atoms with van der Waals surface area (Å²) in [7, 11) is -0.468. The van der Waals surface area contributed by atoms with Crippen molar-refractivity contribution in [3.8, 4) is 5.75 Å². The van der Waals surface area contributed by atoms with Gasteiger partial charge in [0, 0.05) is 31.5 Å². The molecule has 2 aromatic carbocycles. The summed E-state index contributed by atoms with van der Waals surface area (Å²) in [5.41, 5.74) is 1.88. The Morgan fingerprint density at radius 3 is 2.53 bits per heavy atom. The van der Waals surface area contributed by atoms with E-state index in [1.54, 1.807) is 43.6 Å². The fourth-order valence-electron chi connectivity index (χ4n) is 3.70. The number of aromatic nitrogens is 2. The van der Waals surface area contributed by atoms with Gasteiger partial charge in [-0.05, 0) is 54.4 Å². The van der Waals surface area contributed by atoms with Gasteiger partial charge < -0.3 is 4.74 Å². The van der Waals surface area contributed by atoms with Gasteiger partial charge >= 0.3 is 0 Å². The second-order valence-corrected chi connectivity index (χ2v) is 11.3. The van der Waals surface area contributed by atoms with E-state index in [0.717, 1.165) is 23.1 Å². The maximum absolute atomic E-state index is 13.7. The third kappa shape index (κ3) is 5.40. The molecule has 1 amide bonds. The lowest BCUT2D eigenvalue weighted by molar-refractivity contribution is 0.0985. The normalized spacial score (nSPS) is 11.7. The largest absolute Gasteiger partial charge is 0.494 e. The number of pyridine rings is 1. The van der Waals surface area contributed by atoms with Gasteiger partial charge in [0.25, 0.3) is 5.91 Å². The molecule has 4 aromatic rings. The van der Waals surface area contributed by atoms with E-state index in [1.807, 2.05) is 37.3 Å². The number of nitrogens with zero attached hydrogens (tertiary/aromatic N) is 4. The van der Waals surface area contributed by atoms with Crippen LogP contribution in [-0.2, 0) is 16.6 Å². The number of hydrogen-bond donors (Lipinski definition) is 0. The molecule has 36 heavy (non-hydrogen) atoms. The molecule has 0 radical (unpaired) electrons. The Labute approximate surface area is 215 Å². The monoisotopic (exact) mass is 524 g/mol. The molecule has 0 unspecified atom stereocenters. The predicted octanol–water partition coefficient (Wildman–Crippen LogP) is 4.97. The maximum atomic E-state index is 13.7. The van der Waals surface area contributed by atoms with Crippen molar-refractivity contribution in [2.45, 2.75) is 31.2 Å². The van der Waals surface area contributed by atoms with Crippen LogP contribution in [0.3, 0.4) is 0 Å². The van der Waals surface area contributed by atoms with Crippen LogP contribution in [0.15, 0.2) is 71.9 Å². The molecule has 0 atom stereocenters. The van der Waals surface area contributed by atoms with Crippen molar-refractivity contribution in [1.29, 1.82) is 0 Å². The molecule has 2 aromatic heterocycles. The highest BCUT2D eigenvalue weighted by atomic mass is 32.2. The molecule has 10 heteroatoms. The molecule has 4 rings (SSSR count). The van der Waals surface area contributed by atoms with Gasteiger partial charge in [0.1, 0.15) is 11.3 Å². The van der Waals surface area contributed by atoms with Crippen molar-refractivity contribution >= 4 is 42.6 Å². The number of amides is 1. The Bertz CT molecular complexity index is 1440. The molecule has 8 nitrogen and oxygen atoms in total. The number of para-hydroxylation sites is 1. The molecule has 0 aliphatic carbocycles. The van der Waals surface area contributed by atoms with Crippen LogP contribution in [0.25, 0.3) is 10.2 Å². The topological polar surface area (TPSA) is 92.7 Å². The number of ether oxygens (including phenoxy) is 1. The fraction of sp³-hybridized carbons (Fsp3) is 0.269. The summed E-state index contributed by atoms with van der Waals surface area (Å²) >= 11 is 1.39. The van der Waals surface area contributed by atoms with Crippen LogP contribution in [0.4, 0.5) is 5.13 Å². The minimum atomic E-state index is -3.62. The average molecular weight is 525 g/mol. The second kappa shape index (κ2) is 11.2. The number of hydrogen-bond acceptors (Lipinski definition) is 7. The van der Waals surface area contributed by atoms with Crippen LogP contribution in [0.2, 0.25) is 0 Å². The first-order valence-electron chi connectivity index (χ1n) is 11.6. The van der Waals surface area contributed by atoms with Crippen molar-refractivity contribution in [2.75, 3.05) is 25.6 Å². The summed E-state index contributed by atoms with van der Waals surface area (Å²) < 4.78 is 33.4. The molecule has 0 aliphatic rings. The lowest BCUT2D eigenvalue weighted by atomic mass is 10.2. The smallest absolute Gasteiger partial charge is 0.260 e. The van der Waals surface area contributed by atoms with E-state index >= 15 is 0 Å². The van der Waals surface area contributed by atoms with E-state index in [4.69, 9.17) is 9.72 Å². The highest BCUT2D eigenvalue weighted by Gasteiger charge is 2.25. The number of carbonyl (C=O) groups is 1. The first-order valence-corrected chi connectivity index (χ1v) is 13.8. The summed E-state index contributed by atoms with van der Waals surface area (Å²) in [6.07, 6.45) is 5.06. The van der Waals surface area contributed by atoms with Crippen LogP contribution in [0, 0.1) is 0 Å². The molecular formula is C26H28N4O4S2. The van der Waals surface area contributed by atoms with Crippen LogP contribution < -0.4 is 9.64 Å². The molecule has 2 heterocycles. The number of thiazole rings is 1. The molecule has 188 valence electrons. The maximum Gasteiger partial charge on any atom is 0.260 e. The van der Waals surface area contributed by atoms with Crippen molar-refractivity contribution in [3.63, 3.8) is 0 Å². The van der Waals surface area contributed by atoms with Gasteiger partial charge in [0.2, 0.25) is 10.0 Å². The number of sulfonamides is 1. The highest BCUT2D eigenvalue weighted by Crippen LogP contribution is 2.35. The lowest BCUT2D eigenvalue weighted by Crippen LogP contribution is -2.31. The van der Waals surface area contributed by atoms with Crippen LogP contribution in [0.1, 0.15) is 35.7 Å². The minimum Gasteiger partial charge on any atom is -0.494 e. The Balaban J connectivity index is 1.68. The molecule has 0 aliphatic heterocycles. The molecule has 0 N–H and O–H groups in total. The van der Waals surface area contributed by atoms with Gasteiger partial charge in [0.15, 0.2) is 5.13 Å². The average Bonchev–Trinajstić information content (AvgIpc) is 3.34. The van der Waals surface area contributed by atoms with Crippen molar-refractivity contribution in [1.82, 2.24) is 14.3 Å². The minimum absolute atomic E-state index is 0.154. The summed E-state index contributed by atoms with van der Waals surface area (Å²) in [4.78, 5) is 24.3. The highest BCUT2D eigenvalue weighted by molar-refractivity contribution is 7.89. The third-order valence-corrected chi connectivity index (χ3v) is 8.68. The zero-order valence-corrected chi connectivity index (χ0v) is 22.1. The summed E-state index contributed by atoms with van der Waals surface area (Å²) in [6, 6.07) is 15.4. The van der Waals surface area contributed by atoms with E-state index in [0.29, 0.717) is 28.5 Å². The first kappa shape index (κ1) is 25.7. The third-order valence-electron chi connectivity index (χ3n) is 5.77. The van der Waals surface area contributed by atoms with Crippen LogP contribution in [-0.4, -0.2) is 49.3 Å². The van der Waals surface area contributed by atoms with E-state index in [-0.39, 0.29) is 17.3 Å². The van der Waals surface area contributed by atoms with Gasteiger partial charge in [-0.3, -0.25) is 14.7 Å². The summed E-state index contributed by atoms with van der Waals surface area (Å²) in [6.45, 7) is 2.72. The number of benzene rings is 2. The Morgan fingerprint density at radius 1 is 1.08 bits per heavy atom. The van der Waals surface area contributed by atoms with E-state index in [9.17, 15) is 13.2 Å². The zero-order valence-electron chi connectivity index (χ0n) is 20.4. The molecular weight excluding hydrogens is 496 g/mol. The number of carbonyl (C=O) groups excluding carboxylic acids is 1. The second-order valence-electron chi connectivity index (χ2n) is 8.26. The summed E-state index contributed by atoms with van der Waals surface area (Å²) in [5, 5.41) is 0.513. The standard InChI is InChI=1S/C26H28N4O4S2/c1-4-5-16-29(2)36(32,33)21-13-11-20(12-14-21)25(31)30(18-19-8-7-15-27-17-19)26-28-24-22(34-3)9-6-10-23(24)35-26/h6-15,17H,4-5,16,18H2,1-3H3. The van der Waals surface area contributed by atoms with E-state index in [2.05, 4.69) is 4.98 Å². The first-order chi connectivity index (χ1) is 17.3. The summed E-state index contributed by atoms with van der Waals surface area (Å²) in [5.74, 6) is 0.339. The number of anilines is 1. The van der Waals surface area contributed by atoms with Crippen molar-refractivity contribution in [2.24, 2.45) is 0 Å². The SMILES string of the molecule is CCCCN(C)S(=O)(=O)c1ccc(C(=O)N(Cc2cccnc2)c2nc3c(OC)cccc3s2)cc1. The quantitative estimate of drug-likeness (QED) is 0.291. The molecule has 0 saturated heterocycles. The Kier molecular flexibility index (Phi) is 7.97. The molecule has 0 saturated carbocycles. The molecule has 0 bridgehead atoms. The molecule has 0 spiro atoms.